The van der Waals surface area contributed by atoms with Crippen LogP contribution < -0.4 is 0 Å². The Morgan fingerprint density at radius 1 is 0.864 bits per heavy atom. The number of benzene rings is 2. The number of aromatic nitrogens is 1. The molecule has 0 aliphatic carbocycles. The molecule has 108 valence electrons. The molecule has 3 rings (SSSR count). The van der Waals surface area contributed by atoms with Gasteiger partial charge in [-0.3, -0.25) is 4.98 Å². The van der Waals surface area contributed by atoms with E-state index in [1.807, 2.05) is 25.3 Å². The molecule has 0 radical (unpaired) electrons. The fraction of sp³-hybridized carbons (Fsp3) is 0.0952. The first-order valence-corrected chi connectivity index (χ1v) is 7.53. The maximum Gasteiger partial charge on any atom is 0.0708 e. The van der Waals surface area contributed by atoms with Crippen molar-refractivity contribution >= 4 is 6.08 Å². The lowest BCUT2D eigenvalue weighted by molar-refractivity contribution is 1.32. The van der Waals surface area contributed by atoms with Crippen molar-refractivity contribution in [3.63, 3.8) is 0 Å². The van der Waals surface area contributed by atoms with Crippen LogP contribution in [0.1, 0.15) is 18.1 Å². The predicted octanol–water partition coefficient (Wildman–Crippen LogP) is 5.76. The van der Waals surface area contributed by atoms with Crippen molar-refractivity contribution < 1.29 is 0 Å². The second kappa shape index (κ2) is 6.40. The van der Waals surface area contributed by atoms with Gasteiger partial charge in [0.15, 0.2) is 0 Å². The zero-order valence-electron chi connectivity index (χ0n) is 13.0. The van der Waals surface area contributed by atoms with Crippen molar-refractivity contribution in [2.24, 2.45) is 0 Å². The minimum atomic E-state index is 1.00. The van der Waals surface area contributed by atoms with Crippen molar-refractivity contribution in [1.82, 2.24) is 4.98 Å². The van der Waals surface area contributed by atoms with Crippen LogP contribution in [-0.2, 0) is 0 Å². The molecule has 2 aromatic carbocycles. The molecule has 0 aliphatic heterocycles. The summed E-state index contributed by atoms with van der Waals surface area (Å²) in [6, 6.07) is 21.2. The molecule has 0 saturated carbocycles. The van der Waals surface area contributed by atoms with Crippen molar-refractivity contribution in [1.29, 1.82) is 0 Å². The molecular weight excluding hydrogens is 266 g/mol. The van der Waals surface area contributed by atoms with Crippen LogP contribution in [0.3, 0.4) is 0 Å². The average molecular weight is 285 g/mol. The first-order valence-electron chi connectivity index (χ1n) is 7.53. The van der Waals surface area contributed by atoms with E-state index in [0.29, 0.717) is 0 Å². The lowest BCUT2D eigenvalue weighted by atomic mass is 9.96. The first kappa shape index (κ1) is 14.3. The normalized spacial score (nSPS) is 11.0. The second-order valence-electron chi connectivity index (χ2n) is 5.38. The molecule has 0 unspecified atom stereocenters. The van der Waals surface area contributed by atoms with E-state index in [0.717, 1.165) is 11.3 Å². The number of allylic oxidation sites excluding steroid dienone is 1. The van der Waals surface area contributed by atoms with Gasteiger partial charge in [0.2, 0.25) is 0 Å². The minimum Gasteiger partial charge on any atom is -0.256 e. The average Bonchev–Trinajstić information content (AvgIpc) is 2.57. The van der Waals surface area contributed by atoms with E-state index >= 15 is 0 Å². The summed E-state index contributed by atoms with van der Waals surface area (Å²) in [7, 11) is 0. The van der Waals surface area contributed by atoms with Crippen molar-refractivity contribution in [2.75, 3.05) is 0 Å². The Morgan fingerprint density at radius 3 is 2.32 bits per heavy atom. The smallest absolute Gasteiger partial charge is 0.0708 e. The summed E-state index contributed by atoms with van der Waals surface area (Å²) in [5, 5.41) is 0. The van der Waals surface area contributed by atoms with Crippen LogP contribution in [0.5, 0.6) is 0 Å². The predicted molar refractivity (Wildman–Crippen MR) is 94.6 cm³/mol. The standard InChI is InChI=1S/C21H19N/c1-3-6-18-12-13-19(17-10-8-16(2)9-11-17)15-20(18)21-7-4-5-14-22-21/h3-15H,1-2H3/b6-3-. The molecule has 0 N–H and O–H groups in total. The van der Waals surface area contributed by atoms with Crippen molar-refractivity contribution in [3.05, 3.63) is 84.1 Å². The van der Waals surface area contributed by atoms with E-state index in [1.165, 1.54) is 22.3 Å². The van der Waals surface area contributed by atoms with Gasteiger partial charge in [-0.1, -0.05) is 60.2 Å². The van der Waals surface area contributed by atoms with Gasteiger partial charge in [0.1, 0.15) is 0 Å². The number of hydrogen-bond donors (Lipinski definition) is 0. The Kier molecular flexibility index (Phi) is 4.15. The largest absolute Gasteiger partial charge is 0.256 e. The quantitative estimate of drug-likeness (QED) is 0.596. The Balaban J connectivity index is 2.13. The van der Waals surface area contributed by atoms with E-state index in [-0.39, 0.29) is 0 Å². The van der Waals surface area contributed by atoms with Crippen LogP contribution in [0.15, 0.2) is 72.9 Å². The van der Waals surface area contributed by atoms with Gasteiger partial charge in [-0.15, -0.1) is 0 Å². The Morgan fingerprint density at radius 2 is 1.64 bits per heavy atom. The summed E-state index contributed by atoms with van der Waals surface area (Å²) in [6.07, 6.45) is 6.03. The van der Waals surface area contributed by atoms with Gasteiger partial charge in [0, 0.05) is 11.8 Å². The molecule has 1 heterocycles. The number of nitrogens with zero attached hydrogens (tertiary/aromatic N) is 1. The monoisotopic (exact) mass is 285 g/mol. The highest BCUT2D eigenvalue weighted by Crippen LogP contribution is 2.29. The van der Waals surface area contributed by atoms with E-state index in [4.69, 9.17) is 0 Å². The SMILES string of the molecule is C/C=C\c1ccc(-c2ccc(C)cc2)cc1-c1ccccn1. The van der Waals surface area contributed by atoms with Gasteiger partial charge >= 0.3 is 0 Å². The molecule has 1 heteroatoms. The van der Waals surface area contributed by atoms with Gasteiger partial charge < -0.3 is 0 Å². The summed E-state index contributed by atoms with van der Waals surface area (Å²) >= 11 is 0. The molecule has 0 spiro atoms. The zero-order valence-corrected chi connectivity index (χ0v) is 13.0. The highest BCUT2D eigenvalue weighted by Gasteiger charge is 2.07. The van der Waals surface area contributed by atoms with Crippen LogP contribution in [-0.4, -0.2) is 4.98 Å². The van der Waals surface area contributed by atoms with Crippen molar-refractivity contribution in [2.45, 2.75) is 13.8 Å². The number of pyridine rings is 1. The second-order valence-corrected chi connectivity index (χ2v) is 5.38. The molecule has 3 aromatic rings. The van der Waals surface area contributed by atoms with Gasteiger partial charge in [-0.2, -0.15) is 0 Å². The Bertz CT molecular complexity index is 784. The maximum absolute atomic E-state index is 4.51. The van der Waals surface area contributed by atoms with Gasteiger partial charge in [0.25, 0.3) is 0 Å². The van der Waals surface area contributed by atoms with Crippen LogP contribution in [0.4, 0.5) is 0 Å². The minimum absolute atomic E-state index is 1.00. The van der Waals surface area contributed by atoms with Gasteiger partial charge in [-0.25, -0.2) is 0 Å². The topological polar surface area (TPSA) is 12.9 Å². The van der Waals surface area contributed by atoms with E-state index in [2.05, 4.69) is 72.6 Å². The summed E-state index contributed by atoms with van der Waals surface area (Å²) in [6.45, 7) is 4.15. The maximum atomic E-state index is 4.51. The zero-order chi connectivity index (χ0) is 15.4. The molecule has 0 fully saturated rings. The third kappa shape index (κ3) is 2.99. The van der Waals surface area contributed by atoms with E-state index < -0.39 is 0 Å². The summed E-state index contributed by atoms with van der Waals surface area (Å²) < 4.78 is 0. The van der Waals surface area contributed by atoms with Crippen LogP contribution >= 0.6 is 0 Å². The molecule has 0 bridgehead atoms. The Labute approximate surface area is 132 Å². The molecular formula is C21H19N. The molecule has 0 aliphatic rings. The summed E-state index contributed by atoms with van der Waals surface area (Å²) in [4.78, 5) is 4.51. The van der Waals surface area contributed by atoms with E-state index in [9.17, 15) is 0 Å². The number of aryl methyl sites for hydroxylation is 1. The van der Waals surface area contributed by atoms with Crippen LogP contribution in [0, 0.1) is 6.92 Å². The Hall–Kier alpha value is -2.67. The summed E-state index contributed by atoms with van der Waals surface area (Å²) in [5.41, 5.74) is 7.08. The molecule has 22 heavy (non-hydrogen) atoms. The summed E-state index contributed by atoms with van der Waals surface area (Å²) in [5.74, 6) is 0. The third-order valence-electron chi connectivity index (χ3n) is 3.73. The van der Waals surface area contributed by atoms with Crippen LogP contribution in [0.2, 0.25) is 0 Å². The molecule has 1 nitrogen and oxygen atoms in total. The fourth-order valence-corrected chi connectivity index (χ4v) is 2.55. The van der Waals surface area contributed by atoms with Crippen molar-refractivity contribution in [3.8, 4) is 22.4 Å². The molecule has 0 amide bonds. The highest BCUT2D eigenvalue weighted by molar-refractivity contribution is 5.79. The number of rotatable bonds is 3. The van der Waals surface area contributed by atoms with Gasteiger partial charge in [-0.05, 0) is 48.7 Å². The third-order valence-corrected chi connectivity index (χ3v) is 3.73. The lowest BCUT2D eigenvalue weighted by Gasteiger charge is -2.10. The molecule has 1 aromatic heterocycles. The molecule has 0 atom stereocenters. The lowest BCUT2D eigenvalue weighted by Crippen LogP contribution is -1.88. The van der Waals surface area contributed by atoms with Gasteiger partial charge in [0.05, 0.1) is 5.69 Å². The first-order chi connectivity index (χ1) is 10.8. The highest BCUT2D eigenvalue weighted by atomic mass is 14.7. The van der Waals surface area contributed by atoms with E-state index in [1.54, 1.807) is 0 Å². The fourth-order valence-electron chi connectivity index (χ4n) is 2.55. The van der Waals surface area contributed by atoms with Crippen LogP contribution in [0.25, 0.3) is 28.5 Å². The number of hydrogen-bond acceptors (Lipinski definition) is 1. The molecule has 0 saturated heterocycles.